The molecule has 0 saturated carbocycles. The molecule has 1 atom stereocenters. The molecule has 3 rings (SSSR count). The van der Waals surface area contributed by atoms with Gasteiger partial charge in [0.25, 0.3) is 0 Å². The van der Waals surface area contributed by atoms with E-state index in [4.69, 9.17) is 16.3 Å². The van der Waals surface area contributed by atoms with Crippen LogP contribution in [-0.4, -0.2) is 11.8 Å². The first-order chi connectivity index (χ1) is 9.65. The van der Waals surface area contributed by atoms with Crippen LogP contribution in [0.2, 0.25) is 5.02 Å². The van der Waals surface area contributed by atoms with Gasteiger partial charge in [0.05, 0.1) is 12.0 Å². The molecule has 0 bridgehead atoms. The first-order valence-corrected chi connectivity index (χ1v) is 6.61. The van der Waals surface area contributed by atoms with Crippen LogP contribution in [0.5, 0.6) is 0 Å². The summed E-state index contributed by atoms with van der Waals surface area (Å²) in [4.78, 5) is 23.9. The summed E-state index contributed by atoms with van der Waals surface area (Å²) in [5, 5.41) is 0.482. The number of ether oxygens (including phenoxy) is 1. The van der Waals surface area contributed by atoms with E-state index in [1.807, 2.05) is 18.2 Å². The molecule has 1 aliphatic rings. The topological polar surface area (TPSA) is 43.4 Å². The number of Topliss-reactive ketones (excluding diaryl/α,β-unsaturated/α-hetero) is 1. The Morgan fingerprint density at radius 3 is 2.65 bits per heavy atom. The standard InChI is InChI=1S/C16H11ClO3/c17-11-6-7-12-13(8-11)16(19)20-15(12)9-14(18)10-4-2-1-3-5-10/h1-8,15H,9H2. The van der Waals surface area contributed by atoms with Gasteiger partial charge >= 0.3 is 5.97 Å². The van der Waals surface area contributed by atoms with Crippen molar-refractivity contribution in [2.45, 2.75) is 12.5 Å². The second-order valence-electron chi connectivity index (χ2n) is 4.62. The molecule has 2 aromatic rings. The summed E-state index contributed by atoms with van der Waals surface area (Å²) in [7, 11) is 0. The van der Waals surface area contributed by atoms with Gasteiger partial charge < -0.3 is 4.74 Å². The Morgan fingerprint density at radius 2 is 1.90 bits per heavy atom. The van der Waals surface area contributed by atoms with E-state index in [1.54, 1.807) is 30.3 Å². The van der Waals surface area contributed by atoms with Gasteiger partial charge in [-0.2, -0.15) is 0 Å². The maximum atomic E-state index is 12.2. The Balaban J connectivity index is 1.84. The van der Waals surface area contributed by atoms with Crippen LogP contribution in [0, 0.1) is 0 Å². The number of carbonyl (C=O) groups is 2. The highest BCUT2D eigenvalue weighted by Crippen LogP contribution is 2.35. The van der Waals surface area contributed by atoms with Gasteiger partial charge in [0.2, 0.25) is 0 Å². The van der Waals surface area contributed by atoms with Crippen LogP contribution in [0.15, 0.2) is 48.5 Å². The number of halogens is 1. The number of fused-ring (bicyclic) bond motifs is 1. The van der Waals surface area contributed by atoms with Gasteiger partial charge in [-0.1, -0.05) is 48.0 Å². The van der Waals surface area contributed by atoms with E-state index >= 15 is 0 Å². The molecule has 1 heterocycles. The molecule has 0 N–H and O–H groups in total. The Kier molecular flexibility index (Phi) is 3.28. The molecule has 0 radical (unpaired) electrons. The molecule has 0 spiro atoms. The molecule has 0 fully saturated rings. The lowest BCUT2D eigenvalue weighted by atomic mass is 9.98. The van der Waals surface area contributed by atoms with Gasteiger partial charge in [0.15, 0.2) is 5.78 Å². The minimum absolute atomic E-state index is 0.0498. The van der Waals surface area contributed by atoms with E-state index in [0.29, 0.717) is 16.1 Å². The van der Waals surface area contributed by atoms with Gasteiger partial charge in [-0.25, -0.2) is 4.79 Å². The summed E-state index contributed by atoms with van der Waals surface area (Å²) in [5.74, 6) is -0.473. The van der Waals surface area contributed by atoms with Crippen molar-refractivity contribution in [1.82, 2.24) is 0 Å². The van der Waals surface area contributed by atoms with Crippen LogP contribution >= 0.6 is 11.6 Å². The predicted octanol–water partition coefficient (Wildman–Crippen LogP) is 3.82. The summed E-state index contributed by atoms with van der Waals surface area (Å²) in [6.45, 7) is 0. The van der Waals surface area contributed by atoms with Crippen molar-refractivity contribution < 1.29 is 14.3 Å². The third-order valence-corrected chi connectivity index (χ3v) is 3.53. The van der Waals surface area contributed by atoms with E-state index in [0.717, 1.165) is 5.56 Å². The zero-order valence-electron chi connectivity index (χ0n) is 10.5. The van der Waals surface area contributed by atoms with Crippen LogP contribution in [0.1, 0.15) is 38.8 Å². The number of hydrogen-bond donors (Lipinski definition) is 0. The molecule has 0 aliphatic carbocycles. The Bertz CT molecular complexity index is 679. The lowest BCUT2D eigenvalue weighted by Crippen LogP contribution is -2.07. The highest BCUT2D eigenvalue weighted by Gasteiger charge is 2.32. The lowest BCUT2D eigenvalue weighted by molar-refractivity contribution is 0.0367. The highest BCUT2D eigenvalue weighted by molar-refractivity contribution is 6.31. The fraction of sp³-hybridized carbons (Fsp3) is 0.125. The second kappa shape index (κ2) is 5.10. The molecule has 20 heavy (non-hydrogen) atoms. The van der Waals surface area contributed by atoms with Crippen molar-refractivity contribution >= 4 is 23.4 Å². The zero-order chi connectivity index (χ0) is 14.1. The minimum Gasteiger partial charge on any atom is -0.453 e. The normalized spacial score (nSPS) is 16.6. The average Bonchev–Trinajstić information content (AvgIpc) is 2.76. The average molecular weight is 287 g/mol. The molecule has 2 aromatic carbocycles. The van der Waals surface area contributed by atoms with Crippen molar-refractivity contribution in [3.63, 3.8) is 0 Å². The smallest absolute Gasteiger partial charge is 0.339 e. The highest BCUT2D eigenvalue weighted by atomic mass is 35.5. The van der Waals surface area contributed by atoms with Crippen molar-refractivity contribution in [3.8, 4) is 0 Å². The Labute approximate surface area is 121 Å². The fourth-order valence-corrected chi connectivity index (χ4v) is 2.48. The molecular weight excluding hydrogens is 276 g/mol. The third-order valence-electron chi connectivity index (χ3n) is 3.30. The molecule has 1 aliphatic heterocycles. The first kappa shape index (κ1) is 12.9. The molecule has 0 amide bonds. The SMILES string of the molecule is O=C(CC1OC(=O)c2cc(Cl)ccc21)c1ccccc1. The van der Waals surface area contributed by atoms with Gasteiger partial charge in [0.1, 0.15) is 6.10 Å². The van der Waals surface area contributed by atoms with Gasteiger partial charge in [-0.15, -0.1) is 0 Å². The van der Waals surface area contributed by atoms with Crippen LogP contribution in [0.25, 0.3) is 0 Å². The van der Waals surface area contributed by atoms with E-state index in [9.17, 15) is 9.59 Å². The monoisotopic (exact) mass is 286 g/mol. The Morgan fingerprint density at radius 1 is 1.15 bits per heavy atom. The summed E-state index contributed by atoms with van der Waals surface area (Å²) in [5.41, 5.74) is 1.79. The number of cyclic esters (lactones) is 1. The number of rotatable bonds is 3. The van der Waals surface area contributed by atoms with Crippen molar-refractivity contribution in [3.05, 3.63) is 70.2 Å². The number of ketones is 1. The van der Waals surface area contributed by atoms with Crippen LogP contribution in [-0.2, 0) is 4.74 Å². The summed E-state index contributed by atoms with van der Waals surface area (Å²) in [6, 6.07) is 14.0. The summed E-state index contributed by atoms with van der Waals surface area (Å²) in [6.07, 6.45) is -0.382. The van der Waals surface area contributed by atoms with E-state index in [1.165, 1.54) is 0 Å². The first-order valence-electron chi connectivity index (χ1n) is 6.24. The molecule has 3 nitrogen and oxygen atoms in total. The molecule has 4 heteroatoms. The lowest BCUT2D eigenvalue weighted by Gasteiger charge is -2.09. The predicted molar refractivity (Wildman–Crippen MR) is 75.0 cm³/mol. The van der Waals surface area contributed by atoms with E-state index in [2.05, 4.69) is 0 Å². The van der Waals surface area contributed by atoms with Crippen molar-refractivity contribution in [1.29, 1.82) is 0 Å². The molecule has 100 valence electrons. The third kappa shape index (κ3) is 2.32. The van der Waals surface area contributed by atoms with Gasteiger partial charge in [-0.3, -0.25) is 4.79 Å². The maximum Gasteiger partial charge on any atom is 0.339 e. The number of benzene rings is 2. The maximum absolute atomic E-state index is 12.2. The summed E-state index contributed by atoms with van der Waals surface area (Å²) >= 11 is 5.86. The fourth-order valence-electron chi connectivity index (χ4n) is 2.30. The number of carbonyl (C=O) groups excluding carboxylic acids is 2. The van der Waals surface area contributed by atoms with E-state index < -0.39 is 12.1 Å². The van der Waals surface area contributed by atoms with E-state index in [-0.39, 0.29) is 12.2 Å². The summed E-state index contributed by atoms with van der Waals surface area (Å²) < 4.78 is 5.26. The quantitative estimate of drug-likeness (QED) is 0.636. The molecular formula is C16H11ClO3. The second-order valence-corrected chi connectivity index (χ2v) is 5.06. The van der Waals surface area contributed by atoms with Gasteiger partial charge in [0, 0.05) is 16.1 Å². The van der Waals surface area contributed by atoms with Crippen LogP contribution in [0.4, 0.5) is 0 Å². The van der Waals surface area contributed by atoms with Crippen molar-refractivity contribution in [2.24, 2.45) is 0 Å². The largest absolute Gasteiger partial charge is 0.453 e. The Hall–Kier alpha value is -2.13. The molecule has 0 aromatic heterocycles. The van der Waals surface area contributed by atoms with Gasteiger partial charge in [-0.05, 0) is 12.1 Å². The number of esters is 1. The van der Waals surface area contributed by atoms with Crippen LogP contribution in [0.3, 0.4) is 0 Å². The van der Waals surface area contributed by atoms with Crippen molar-refractivity contribution in [2.75, 3.05) is 0 Å². The zero-order valence-corrected chi connectivity index (χ0v) is 11.3. The molecule has 0 saturated heterocycles. The molecule has 1 unspecified atom stereocenters. The minimum atomic E-state index is -0.525. The number of hydrogen-bond acceptors (Lipinski definition) is 3. The van der Waals surface area contributed by atoms with Crippen LogP contribution < -0.4 is 0 Å².